The van der Waals surface area contributed by atoms with E-state index >= 15 is 0 Å². The molecule has 0 spiro atoms. The highest BCUT2D eigenvalue weighted by atomic mass is 19.3. The molecule has 1 saturated heterocycles. The second-order valence-electron chi connectivity index (χ2n) is 4.01. The summed E-state index contributed by atoms with van der Waals surface area (Å²) >= 11 is 0. The Morgan fingerprint density at radius 1 is 1.19 bits per heavy atom. The number of hydrogen-bond donors (Lipinski definition) is 0. The van der Waals surface area contributed by atoms with Crippen molar-refractivity contribution in [1.29, 1.82) is 0 Å². The summed E-state index contributed by atoms with van der Waals surface area (Å²) in [5.74, 6) is -1.76. The summed E-state index contributed by atoms with van der Waals surface area (Å²) in [7, 11) is 1.59. The van der Waals surface area contributed by atoms with Gasteiger partial charge in [-0.1, -0.05) is 12.1 Å². The summed E-state index contributed by atoms with van der Waals surface area (Å²) in [4.78, 5) is 1.95. The van der Waals surface area contributed by atoms with Gasteiger partial charge in [0, 0.05) is 25.9 Å². The molecule has 4 heteroatoms. The van der Waals surface area contributed by atoms with Crippen molar-refractivity contribution in [2.24, 2.45) is 0 Å². The number of hydrogen-bond acceptors (Lipinski definition) is 2. The van der Waals surface area contributed by atoms with Crippen molar-refractivity contribution in [1.82, 2.24) is 0 Å². The normalized spacial score (nSPS) is 19.6. The Morgan fingerprint density at radius 2 is 1.81 bits per heavy atom. The van der Waals surface area contributed by atoms with E-state index in [2.05, 4.69) is 0 Å². The number of para-hydroxylation sites is 2. The number of anilines is 1. The van der Waals surface area contributed by atoms with Crippen LogP contribution in [0, 0.1) is 0 Å². The zero-order valence-electron chi connectivity index (χ0n) is 9.25. The highest BCUT2D eigenvalue weighted by Crippen LogP contribution is 2.34. The van der Waals surface area contributed by atoms with E-state index in [4.69, 9.17) is 4.74 Å². The highest BCUT2D eigenvalue weighted by Gasteiger charge is 2.34. The first-order valence-electron chi connectivity index (χ1n) is 5.38. The monoisotopic (exact) mass is 227 g/mol. The van der Waals surface area contributed by atoms with Crippen LogP contribution in [0.15, 0.2) is 24.3 Å². The number of nitrogens with zero attached hydrogens (tertiary/aromatic N) is 1. The van der Waals surface area contributed by atoms with Crippen molar-refractivity contribution in [2.45, 2.75) is 18.8 Å². The molecule has 16 heavy (non-hydrogen) atoms. The topological polar surface area (TPSA) is 12.5 Å². The lowest BCUT2D eigenvalue weighted by Crippen LogP contribution is -2.39. The van der Waals surface area contributed by atoms with Crippen LogP contribution in [0.3, 0.4) is 0 Å². The Morgan fingerprint density at radius 3 is 2.44 bits per heavy atom. The van der Waals surface area contributed by atoms with E-state index < -0.39 is 5.92 Å². The smallest absolute Gasteiger partial charge is 0.251 e. The lowest BCUT2D eigenvalue weighted by molar-refractivity contribution is -0.0221. The molecule has 0 unspecified atom stereocenters. The zero-order valence-corrected chi connectivity index (χ0v) is 9.25. The van der Waals surface area contributed by atoms with Gasteiger partial charge in [0.05, 0.1) is 12.8 Å². The Bertz CT molecular complexity index is 358. The first-order valence-corrected chi connectivity index (χ1v) is 5.38. The predicted molar refractivity (Wildman–Crippen MR) is 59.4 cm³/mol. The third-order valence-electron chi connectivity index (χ3n) is 2.92. The van der Waals surface area contributed by atoms with Crippen LogP contribution in [0.4, 0.5) is 14.5 Å². The minimum Gasteiger partial charge on any atom is -0.495 e. The van der Waals surface area contributed by atoms with Crippen LogP contribution in [0.1, 0.15) is 12.8 Å². The van der Waals surface area contributed by atoms with Crippen molar-refractivity contribution in [3.05, 3.63) is 24.3 Å². The molecular formula is C12H15F2NO. The average molecular weight is 227 g/mol. The first kappa shape index (κ1) is 11.2. The largest absolute Gasteiger partial charge is 0.495 e. The predicted octanol–water partition coefficient (Wildman–Crippen LogP) is 2.93. The minimum atomic E-state index is -2.50. The number of benzene rings is 1. The third kappa shape index (κ3) is 2.26. The standard InChI is InChI=1S/C12H15F2NO/c1-16-11-5-3-2-4-10(11)15-8-6-12(13,14)7-9-15/h2-5H,6-9H2,1H3. The van der Waals surface area contributed by atoms with Gasteiger partial charge in [-0.05, 0) is 12.1 Å². The van der Waals surface area contributed by atoms with Crippen molar-refractivity contribution in [3.63, 3.8) is 0 Å². The molecule has 0 atom stereocenters. The fraction of sp³-hybridized carbons (Fsp3) is 0.500. The van der Waals surface area contributed by atoms with Crippen LogP contribution in [0.2, 0.25) is 0 Å². The Labute approximate surface area is 93.8 Å². The van der Waals surface area contributed by atoms with E-state index in [-0.39, 0.29) is 12.8 Å². The molecule has 0 saturated carbocycles. The van der Waals surface area contributed by atoms with Crippen LogP contribution >= 0.6 is 0 Å². The van der Waals surface area contributed by atoms with Gasteiger partial charge in [-0.25, -0.2) is 8.78 Å². The van der Waals surface area contributed by atoms with Gasteiger partial charge in [0.25, 0.3) is 5.92 Å². The SMILES string of the molecule is COc1ccccc1N1CCC(F)(F)CC1. The maximum Gasteiger partial charge on any atom is 0.251 e. The summed E-state index contributed by atoms with van der Waals surface area (Å²) in [5, 5.41) is 0. The molecule has 2 nitrogen and oxygen atoms in total. The fourth-order valence-corrected chi connectivity index (χ4v) is 1.97. The summed E-state index contributed by atoms with van der Waals surface area (Å²) in [6, 6.07) is 7.52. The lowest BCUT2D eigenvalue weighted by atomic mass is 10.1. The second kappa shape index (κ2) is 4.28. The van der Waals surface area contributed by atoms with Crippen molar-refractivity contribution >= 4 is 5.69 Å². The minimum absolute atomic E-state index is 0.0783. The van der Waals surface area contributed by atoms with E-state index in [9.17, 15) is 8.78 Å². The van der Waals surface area contributed by atoms with Crippen LogP contribution in [-0.4, -0.2) is 26.1 Å². The van der Waals surface area contributed by atoms with Crippen LogP contribution in [0.5, 0.6) is 5.75 Å². The molecule has 0 bridgehead atoms. The number of piperidine rings is 1. The summed E-state index contributed by atoms with van der Waals surface area (Å²) in [6.07, 6.45) is -0.157. The summed E-state index contributed by atoms with van der Waals surface area (Å²) in [5.41, 5.74) is 0.903. The molecule has 1 fully saturated rings. The van der Waals surface area contributed by atoms with Gasteiger partial charge in [0.1, 0.15) is 5.75 Å². The fourth-order valence-electron chi connectivity index (χ4n) is 1.97. The molecule has 1 aliphatic heterocycles. The quantitative estimate of drug-likeness (QED) is 0.770. The van der Waals surface area contributed by atoms with Gasteiger partial charge in [-0.15, -0.1) is 0 Å². The molecule has 1 aromatic carbocycles. The van der Waals surface area contributed by atoms with Gasteiger partial charge >= 0.3 is 0 Å². The van der Waals surface area contributed by atoms with E-state index in [1.54, 1.807) is 7.11 Å². The zero-order chi connectivity index (χ0) is 11.6. The van der Waals surface area contributed by atoms with Gasteiger partial charge in [0.2, 0.25) is 0 Å². The molecule has 0 aliphatic carbocycles. The van der Waals surface area contributed by atoms with Gasteiger partial charge in [-0.3, -0.25) is 0 Å². The number of ether oxygens (including phenoxy) is 1. The van der Waals surface area contributed by atoms with Crippen molar-refractivity contribution in [3.8, 4) is 5.75 Å². The highest BCUT2D eigenvalue weighted by molar-refractivity contribution is 5.58. The van der Waals surface area contributed by atoms with Crippen LogP contribution in [-0.2, 0) is 0 Å². The molecule has 88 valence electrons. The maximum absolute atomic E-state index is 13.0. The Kier molecular flexibility index (Phi) is 2.99. The molecule has 0 amide bonds. The van der Waals surface area contributed by atoms with E-state index in [1.165, 1.54) is 0 Å². The second-order valence-corrected chi connectivity index (χ2v) is 4.01. The molecule has 1 heterocycles. The maximum atomic E-state index is 13.0. The van der Waals surface area contributed by atoms with E-state index in [0.29, 0.717) is 13.1 Å². The van der Waals surface area contributed by atoms with Crippen molar-refractivity contribution < 1.29 is 13.5 Å². The molecule has 2 rings (SSSR count). The third-order valence-corrected chi connectivity index (χ3v) is 2.92. The summed E-state index contributed by atoms with van der Waals surface area (Å²) in [6.45, 7) is 0.765. The molecule has 0 N–H and O–H groups in total. The van der Waals surface area contributed by atoms with E-state index in [0.717, 1.165) is 11.4 Å². The Balaban J connectivity index is 2.14. The van der Waals surface area contributed by atoms with Crippen LogP contribution < -0.4 is 9.64 Å². The molecule has 0 aromatic heterocycles. The molecule has 0 radical (unpaired) electrons. The summed E-state index contributed by atoms with van der Waals surface area (Å²) < 4.78 is 31.3. The molecular weight excluding hydrogens is 212 g/mol. The average Bonchev–Trinajstić information content (AvgIpc) is 2.29. The number of methoxy groups -OCH3 is 1. The van der Waals surface area contributed by atoms with Gasteiger partial charge in [0.15, 0.2) is 0 Å². The Hall–Kier alpha value is -1.32. The van der Waals surface area contributed by atoms with Gasteiger partial charge in [-0.2, -0.15) is 0 Å². The molecule has 1 aromatic rings. The number of alkyl halides is 2. The number of rotatable bonds is 2. The van der Waals surface area contributed by atoms with Crippen LogP contribution in [0.25, 0.3) is 0 Å². The lowest BCUT2D eigenvalue weighted by Gasteiger charge is -2.34. The van der Waals surface area contributed by atoms with Gasteiger partial charge < -0.3 is 9.64 Å². The number of halogens is 2. The molecule has 1 aliphatic rings. The van der Waals surface area contributed by atoms with Crippen molar-refractivity contribution in [2.75, 3.05) is 25.1 Å². The first-order chi connectivity index (χ1) is 7.62. The van der Waals surface area contributed by atoms with E-state index in [1.807, 2.05) is 29.2 Å².